The summed E-state index contributed by atoms with van der Waals surface area (Å²) < 4.78 is 0.773. The zero-order chi connectivity index (χ0) is 12.3. The van der Waals surface area contributed by atoms with Crippen molar-refractivity contribution < 1.29 is 4.79 Å². The van der Waals surface area contributed by atoms with E-state index in [-0.39, 0.29) is 18.0 Å². The molecule has 0 aliphatic heterocycles. The lowest BCUT2D eigenvalue weighted by Crippen LogP contribution is -2.42. The summed E-state index contributed by atoms with van der Waals surface area (Å²) in [6.07, 6.45) is 0. The highest BCUT2D eigenvalue weighted by molar-refractivity contribution is 7.16. The molecule has 5 heteroatoms. The van der Waals surface area contributed by atoms with E-state index in [1.54, 1.807) is 19.0 Å². The summed E-state index contributed by atoms with van der Waals surface area (Å²) in [5.74, 6) is 0.0782. The minimum atomic E-state index is -0.189. The number of thiophene rings is 1. The maximum absolute atomic E-state index is 11.7. The van der Waals surface area contributed by atoms with E-state index in [9.17, 15) is 4.79 Å². The molecule has 0 saturated carbocycles. The second-order valence-electron chi connectivity index (χ2n) is 3.98. The van der Waals surface area contributed by atoms with Crippen molar-refractivity contribution in [3.8, 4) is 0 Å². The van der Waals surface area contributed by atoms with Crippen molar-refractivity contribution in [2.75, 3.05) is 14.1 Å². The molecule has 1 rings (SSSR count). The molecule has 0 bridgehead atoms. The van der Waals surface area contributed by atoms with Gasteiger partial charge in [-0.25, -0.2) is 0 Å². The summed E-state index contributed by atoms with van der Waals surface area (Å²) in [7, 11) is 3.51. The van der Waals surface area contributed by atoms with Crippen molar-refractivity contribution in [3.05, 3.63) is 21.3 Å². The first-order chi connectivity index (χ1) is 7.41. The van der Waals surface area contributed by atoms with Gasteiger partial charge in [-0.1, -0.05) is 11.6 Å². The smallest absolute Gasteiger partial charge is 0.238 e. The van der Waals surface area contributed by atoms with Crippen molar-refractivity contribution in [2.45, 2.75) is 25.9 Å². The molecule has 1 aromatic heterocycles. The van der Waals surface area contributed by atoms with E-state index in [4.69, 9.17) is 11.6 Å². The Bertz CT molecular complexity index is 365. The third kappa shape index (κ3) is 3.47. The van der Waals surface area contributed by atoms with Crippen LogP contribution >= 0.6 is 22.9 Å². The van der Waals surface area contributed by atoms with E-state index >= 15 is 0 Å². The molecular formula is C11H17ClN2OS. The molecule has 0 aliphatic carbocycles. The summed E-state index contributed by atoms with van der Waals surface area (Å²) in [4.78, 5) is 14.4. The van der Waals surface area contributed by atoms with Gasteiger partial charge in [-0.05, 0) is 26.0 Å². The summed E-state index contributed by atoms with van der Waals surface area (Å²) >= 11 is 7.41. The number of hydrogen-bond acceptors (Lipinski definition) is 3. The van der Waals surface area contributed by atoms with Crippen LogP contribution in [0.15, 0.2) is 12.1 Å². The Kier molecular flexibility index (Phi) is 4.77. The molecular weight excluding hydrogens is 244 g/mol. The van der Waals surface area contributed by atoms with Crippen LogP contribution < -0.4 is 5.32 Å². The standard InChI is InChI=1S/C11H17ClN2OS/c1-7(9-5-6-10(12)16-9)13-8(2)11(15)14(3)4/h5-8,13H,1-4H3. The van der Waals surface area contributed by atoms with Crippen LogP contribution in [0.1, 0.15) is 24.8 Å². The Morgan fingerprint density at radius 2 is 2.06 bits per heavy atom. The maximum Gasteiger partial charge on any atom is 0.238 e. The Hall–Kier alpha value is -0.580. The van der Waals surface area contributed by atoms with Crippen LogP contribution in [0.4, 0.5) is 0 Å². The van der Waals surface area contributed by atoms with Crippen LogP contribution in [0.5, 0.6) is 0 Å². The Balaban J connectivity index is 2.58. The number of halogens is 1. The molecule has 0 saturated heterocycles. The van der Waals surface area contributed by atoms with Gasteiger partial charge in [0.1, 0.15) is 0 Å². The van der Waals surface area contributed by atoms with Crippen LogP contribution in [-0.4, -0.2) is 30.9 Å². The van der Waals surface area contributed by atoms with Gasteiger partial charge in [-0.3, -0.25) is 10.1 Å². The maximum atomic E-state index is 11.7. The van der Waals surface area contributed by atoms with Gasteiger partial charge in [-0.2, -0.15) is 0 Å². The molecule has 0 aromatic carbocycles. The summed E-state index contributed by atoms with van der Waals surface area (Å²) in [6.45, 7) is 3.90. The van der Waals surface area contributed by atoms with Gasteiger partial charge in [0.25, 0.3) is 0 Å². The average molecular weight is 261 g/mol. The molecule has 1 N–H and O–H groups in total. The van der Waals surface area contributed by atoms with Crippen molar-refractivity contribution in [3.63, 3.8) is 0 Å². The third-order valence-electron chi connectivity index (χ3n) is 2.33. The lowest BCUT2D eigenvalue weighted by molar-refractivity contribution is -0.130. The van der Waals surface area contributed by atoms with Crippen LogP contribution in [0.25, 0.3) is 0 Å². The van der Waals surface area contributed by atoms with Crippen LogP contribution in [0.3, 0.4) is 0 Å². The van der Waals surface area contributed by atoms with Gasteiger partial charge in [0, 0.05) is 25.0 Å². The highest BCUT2D eigenvalue weighted by Gasteiger charge is 2.18. The minimum Gasteiger partial charge on any atom is -0.347 e. The number of likely N-dealkylation sites (N-methyl/N-ethyl adjacent to an activating group) is 1. The fourth-order valence-electron chi connectivity index (χ4n) is 1.48. The van der Waals surface area contributed by atoms with E-state index in [1.165, 1.54) is 11.3 Å². The number of amides is 1. The largest absolute Gasteiger partial charge is 0.347 e. The topological polar surface area (TPSA) is 32.3 Å². The lowest BCUT2D eigenvalue weighted by atomic mass is 10.2. The van der Waals surface area contributed by atoms with Gasteiger partial charge in [-0.15, -0.1) is 11.3 Å². The van der Waals surface area contributed by atoms with E-state index in [0.717, 1.165) is 9.21 Å². The highest BCUT2D eigenvalue weighted by atomic mass is 35.5. The second-order valence-corrected chi connectivity index (χ2v) is 5.73. The van der Waals surface area contributed by atoms with E-state index in [2.05, 4.69) is 5.32 Å². The van der Waals surface area contributed by atoms with Gasteiger partial charge in [0.2, 0.25) is 5.91 Å². The van der Waals surface area contributed by atoms with Gasteiger partial charge >= 0.3 is 0 Å². The summed E-state index contributed by atoms with van der Waals surface area (Å²) in [6, 6.07) is 3.80. The van der Waals surface area contributed by atoms with E-state index in [0.29, 0.717) is 0 Å². The van der Waals surface area contributed by atoms with Gasteiger partial charge in [0.15, 0.2) is 0 Å². The zero-order valence-corrected chi connectivity index (χ0v) is 11.5. The minimum absolute atomic E-state index is 0.0782. The SMILES string of the molecule is CC(NC(C)c1ccc(Cl)s1)C(=O)N(C)C. The normalized spacial score (nSPS) is 14.6. The molecule has 0 aliphatic rings. The lowest BCUT2D eigenvalue weighted by Gasteiger charge is -2.21. The zero-order valence-electron chi connectivity index (χ0n) is 9.95. The molecule has 2 unspecified atom stereocenters. The first-order valence-corrected chi connectivity index (χ1v) is 6.33. The predicted molar refractivity (Wildman–Crippen MR) is 69.0 cm³/mol. The number of carbonyl (C=O) groups is 1. The van der Waals surface area contributed by atoms with Crippen LogP contribution in [0, 0.1) is 0 Å². The number of nitrogens with one attached hydrogen (secondary N) is 1. The van der Waals surface area contributed by atoms with Gasteiger partial charge < -0.3 is 4.90 Å². The number of rotatable bonds is 4. The first-order valence-electron chi connectivity index (χ1n) is 5.14. The molecule has 1 heterocycles. The van der Waals surface area contributed by atoms with Crippen molar-refractivity contribution in [2.24, 2.45) is 0 Å². The Morgan fingerprint density at radius 1 is 1.44 bits per heavy atom. The number of nitrogens with zero attached hydrogens (tertiary/aromatic N) is 1. The van der Waals surface area contributed by atoms with Crippen LogP contribution in [-0.2, 0) is 4.79 Å². The molecule has 1 aromatic rings. The first kappa shape index (κ1) is 13.5. The molecule has 0 radical (unpaired) electrons. The Morgan fingerprint density at radius 3 is 2.50 bits per heavy atom. The van der Waals surface area contributed by atoms with Crippen molar-refractivity contribution >= 4 is 28.8 Å². The third-order valence-corrected chi connectivity index (χ3v) is 3.75. The van der Waals surface area contributed by atoms with E-state index < -0.39 is 0 Å². The molecule has 2 atom stereocenters. The molecule has 16 heavy (non-hydrogen) atoms. The average Bonchev–Trinajstić information content (AvgIpc) is 2.63. The monoisotopic (exact) mass is 260 g/mol. The van der Waals surface area contributed by atoms with Crippen molar-refractivity contribution in [1.29, 1.82) is 0 Å². The van der Waals surface area contributed by atoms with Crippen molar-refractivity contribution in [1.82, 2.24) is 10.2 Å². The fraction of sp³-hybridized carbons (Fsp3) is 0.545. The second kappa shape index (κ2) is 5.66. The number of hydrogen-bond donors (Lipinski definition) is 1. The summed E-state index contributed by atoms with van der Waals surface area (Å²) in [5.41, 5.74) is 0. The van der Waals surface area contributed by atoms with Gasteiger partial charge in [0.05, 0.1) is 10.4 Å². The quantitative estimate of drug-likeness (QED) is 0.902. The fourth-order valence-corrected chi connectivity index (χ4v) is 2.55. The predicted octanol–water partition coefficient (Wildman–Crippen LogP) is 2.53. The van der Waals surface area contributed by atoms with Crippen LogP contribution in [0.2, 0.25) is 4.34 Å². The Labute approximate surface area is 105 Å². The van der Waals surface area contributed by atoms with E-state index in [1.807, 2.05) is 26.0 Å². The molecule has 0 fully saturated rings. The summed E-state index contributed by atoms with van der Waals surface area (Å²) in [5, 5.41) is 3.25. The molecule has 3 nitrogen and oxygen atoms in total. The number of carbonyl (C=O) groups excluding carboxylic acids is 1. The molecule has 0 spiro atoms. The highest BCUT2D eigenvalue weighted by Crippen LogP contribution is 2.26. The molecule has 1 amide bonds. The molecule has 90 valence electrons.